The quantitative estimate of drug-likeness (QED) is 0.679. The minimum Gasteiger partial charge on any atom is -0.267 e. The molecule has 0 fully saturated rings. The van der Waals surface area contributed by atoms with E-state index in [0.717, 1.165) is 0 Å². The van der Waals surface area contributed by atoms with Crippen molar-refractivity contribution in [1.82, 2.24) is 20.6 Å². The third-order valence-electron chi connectivity index (χ3n) is 3.91. The number of amides is 2. The lowest BCUT2D eigenvalue weighted by Crippen LogP contribution is -2.43. The Morgan fingerprint density at radius 2 is 1.67 bits per heavy atom. The van der Waals surface area contributed by atoms with Gasteiger partial charge >= 0.3 is 0 Å². The molecule has 1 heterocycles. The van der Waals surface area contributed by atoms with E-state index < -0.39 is 11.8 Å². The Morgan fingerprint density at radius 3 is 2.33 bits per heavy atom. The number of hydrogen-bond donors (Lipinski definition) is 2. The standard InChI is InChI=1S/C19H17ClN4O3/c1-11(2)24-19(27)15-9-4-3-8-14(15)16(23-24)18(26)22-21-17(25)12-6-5-7-13(20)10-12/h3-11H,1-2H3,(H,21,25)(H,22,26). The molecule has 1 aromatic heterocycles. The van der Waals surface area contributed by atoms with Gasteiger partial charge in [0.05, 0.1) is 11.4 Å². The summed E-state index contributed by atoms with van der Waals surface area (Å²) in [6.07, 6.45) is 0. The van der Waals surface area contributed by atoms with E-state index in [0.29, 0.717) is 21.4 Å². The predicted molar refractivity (Wildman–Crippen MR) is 103 cm³/mol. The first kappa shape index (κ1) is 18.6. The molecule has 0 saturated heterocycles. The Kier molecular flexibility index (Phi) is 5.23. The third kappa shape index (κ3) is 3.83. The van der Waals surface area contributed by atoms with Crippen LogP contribution < -0.4 is 16.4 Å². The highest BCUT2D eigenvalue weighted by atomic mass is 35.5. The fourth-order valence-electron chi connectivity index (χ4n) is 2.60. The fraction of sp³-hybridized carbons (Fsp3) is 0.158. The van der Waals surface area contributed by atoms with E-state index in [1.54, 1.807) is 56.3 Å². The van der Waals surface area contributed by atoms with Crippen LogP contribution in [-0.2, 0) is 0 Å². The van der Waals surface area contributed by atoms with Crippen molar-refractivity contribution in [2.24, 2.45) is 0 Å². The van der Waals surface area contributed by atoms with Crippen molar-refractivity contribution in [3.8, 4) is 0 Å². The first-order valence-corrected chi connectivity index (χ1v) is 8.64. The maximum Gasteiger partial charge on any atom is 0.290 e. The Morgan fingerprint density at radius 1 is 1.00 bits per heavy atom. The van der Waals surface area contributed by atoms with Gasteiger partial charge in [-0.2, -0.15) is 5.10 Å². The highest BCUT2D eigenvalue weighted by molar-refractivity contribution is 6.31. The molecule has 3 rings (SSSR count). The summed E-state index contributed by atoms with van der Waals surface area (Å²) in [5.41, 5.74) is 4.73. The van der Waals surface area contributed by atoms with E-state index in [1.165, 1.54) is 10.7 Å². The topological polar surface area (TPSA) is 93.1 Å². The largest absolute Gasteiger partial charge is 0.290 e. The Hall–Kier alpha value is -3.19. The number of carbonyl (C=O) groups is 2. The van der Waals surface area contributed by atoms with Gasteiger partial charge in [0.1, 0.15) is 0 Å². The van der Waals surface area contributed by atoms with Crippen LogP contribution in [0.2, 0.25) is 5.02 Å². The van der Waals surface area contributed by atoms with E-state index >= 15 is 0 Å². The highest BCUT2D eigenvalue weighted by Gasteiger charge is 2.18. The molecule has 8 heteroatoms. The van der Waals surface area contributed by atoms with Crippen LogP contribution in [0.15, 0.2) is 53.3 Å². The van der Waals surface area contributed by atoms with Crippen LogP contribution in [0, 0.1) is 0 Å². The molecule has 0 bridgehead atoms. The lowest BCUT2D eigenvalue weighted by atomic mass is 10.1. The molecule has 0 unspecified atom stereocenters. The van der Waals surface area contributed by atoms with Gasteiger partial charge in [-0.25, -0.2) is 4.68 Å². The molecular formula is C19H17ClN4O3. The molecule has 0 aliphatic carbocycles. The second kappa shape index (κ2) is 7.59. The van der Waals surface area contributed by atoms with E-state index in [1.807, 2.05) is 0 Å². The third-order valence-corrected chi connectivity index (χ3v) is 4.14. The normalized spacial score (nSPS) is 10.8. The number of aromatic nitrogens is 2. The van der Waals surface area contributed by atoms with Gasteiger partial charge in [0.2, 0.25) is 0 Å². The SMILES string of the molecule is CC(C)n1nc(C(=O)NNC(=O)c2cccc(Cl)c2)c2ccccc2c1=O. The van der Waals surface area contributed by atoms with Gasteiger partial charge in [-0.15, -0.1) is 0 Å². The van der Waals surface area contributed by atoms with Gasteiger partial charge in [-0.3, -0.25) is 25.2 Å². The molecule has 2 amide bonds. The van der Waals surface area contributed by atoms with Gasteiger partial charge in [0.25, 0.3) is 17.4 Å². The van der Waals surface area contributed by atoms with Crippen LogP contribution in [-0.4, -0.2) is 21.6 Å². The van der Waals surface area contributed by atoms with Crippen molar-refractivity contribution < 1.29 is 9.59 Å². The summed E-state index contributed by atoms with van der Waals surface area (Å²) in [5, 5.41) is 5.39. The van der Waals surface area contributed by atoms with E-state index in [-0.39, 0.29) is 17.3 Å². The number of nitrogens with one attached hydrogen (secondary N) is 2. The van der Waals surface area contributed by atoms with Crippen molar-refractivity contribution in [2.45, 2.75) is 19.9 Å². The first-order chi connectivity index (χ1) is 12.9. The smallest absolute Gasteiger partial charge is 0.267 e. The Bertz CT molecular complexity index is 1090. The highest BCUT2D eigenvalue weighted by Crippen LogP contribution is 2.15. The predicted octanol–water partition coefficient (Wildman–Crippen LogP) is 2.71. The van der Waals surface area contributed by atoms with Crippen LogP contribution in [0.4, 0.5) is 0 Å². The van der Waals surface area contributed by atoms with Crippen molar-refractivity contribution in [2.75, 3.05) is 0 Å². The van der Waals surface area contributed by atoms with Gasteiger partial charge in [-0.1, -0.05) is 35.9 Å². The van der Waals surface area contributed by atoms with Gasteiger partial charge < -0.3 is 0 Å². The second-order valence-corrected chi connectivity index (χ2v) is 6.59. The average Bonchev–Trinajstić information content (AvgIpc) is 2.66. The number of nitrogens with zero attached hydrogens (tertiary/aromatic N) is 2. The van der Waals surface area contributed by atoms with Crippen LogP contribution in [0.5, 0.6) is 0 Å². The van der Waals surface area contributed by atoms with Crippen molar-refractivity contribution >= 4 is 34.2 Å². The van der Waals surface area contributed by atoms with Crippen LogP contribution in [0.25, 0.3) is 10.8 Å². The molecule has 0 spiro atoms. The summed E-state index contributed by atoms with van der Waals surface area (Å²) < 4.78 is 1.25. The first-order valence-electron chi connectivity index (χ1n) is 8.26. The molecule has 0 aliphatic rings. The Labute approximate surface area is 159 Å². The number of rotatable bonds is 3. The van der Waals surface area contributed by atoms with Gasteiger partial charge in [0, 0.05) is 16.0 Å². The van der Waals surface area contributed by atoms with Gasteiger partial charge in [0.15, 0.2) is 5.69 Å². The zero-order valence-corrected chi connectivity index (χ0v) is 15.4. The fourth-order valence-corrected chi connectivity index (χ4v) is 2.79. The minimum atomic E-state index is -0.629. The number of hydrogen-bond acceptors (Lipinski definition) is 4. The zero-order valence-electron chi connectivity index (χ0n) is 14.7. The minimum absolute atomic E-state index is 0.0466. The molecule has 0 radical (unpaired) electrons. The molecule has 7 nitrogen and oxygen atoms in total. The van der Waals surface area contributed by atoms with Crippen molar-refractivity contribution in [1.29, 1.82) is 0 Å². The second-order valence-electron chi connectivity index (χ2n) is 6.16. The van der Waals surface area contributed by atoms with E-state index in [2.05, 4.69) is 16.0 Å². The molecule has 0 saturated carbocycles. The number of fused-ring (bicyclic) bond motifs is 1. The molecule has 2 N–H and O–H groups in total. The summed E-state index contributed by atoms with van der Waals surface area (Å²) in [7, 11) is 0. The summed E-state index contributed by atoms with van der Waals surface area (Å²) in [6, 6.07) is 12.8. The van der Waals surface area contributed by atoms with Crippen LogP contribution in [0.3, 0.4) is 0 Å². The molecule has 2 aromatic carbocycles. The summed E-state index contributed by atoms with van der Waals surface area (Å²) >= 11 is 5.87. The molecule has 138 valence electrons. The number of hydrazine groups is 1. The summed E-state index contributed by atoms with van der Waals surface area (Å²) in [5.74, 6) is -1.15. The zero-order chi connectivity index (χ0) is 19.6. The van der Waals surface area contributed by atoms with Gasteiger partial charge in [-0.05, 0) is 38.1 Å². The number of halogens is 1. The molecule has 3 aromatic rings. The van der Waals surface area contributed by atoms with Crippen molar-refractivity contribution in [3.05, 3.63) is 75.2 Å². The van der Waals surface area contributed by atoms with E-state index in [9.17, 15) is 14.4 Å². The average molecular weight is 385 g/mol. The Balaban J connectivity index is 1.90. The maximum absolute atomic E-state index is 12.6. The summed E-state index contributed by atoms with van der Waals surface area (Å²) in [6.45, 7) is 3.59. The van der Waals surface area contributed by atoms with Crippen LogP contribution in [0.1, 0.15) is 40.7 Å². The van der Waals surface area contributed by atoms with Crippen molar-refractivity contribution in [3.63, 3.8) is 0 Å². The molecule has 27 heavy (non-hydrogen) atoms. The maximum atomic E-state index is 12.6. The molecule has 0 atom stereocenters. The van der Waals surface area contributed by atoms with Crippen LogP contribution >= 0.6 is 11.6 Å². The summed E-state index contributed by atoms with van der Waals surface area (Å²) in [4.78, 5) is 37.3. The molecule has 0 aliphatic heterocycles. The number of carbonyl (C=O) groups excluding carboxylic acids is 2. The lowest BCUT2D eigenvalue weighted by molar-refractivity contribution is 0.0843. The molecular weight excluding hydrogens is 368 g/mol. The monoisotopic (exact) mass is 384 g/mol. The van der Waals surface area contributed by atoms with E-state index in [4.69, 9.17) is 11.6 Å². The number of benzene rings is 2. The lowest BCUT2D eigenvalue weighted by Gasteiger charge is -2.13.